The quantitative estimate of drug-likeness (QED) is 0.295. The molecule has 0 atom stereocenters. The topological polar surface area (TPSA) is 38.4 Å². The summed E-state index contributed by atoms with van der Waals surface area (Å²) < 4.78 is 0. The molecule has 0 amide bonds. The van der Waals surface area contributed by atoms with Gasteiger partial charge in [-0.1, -0.05) is 6.92 Å². The highest BCUT2D eigenvalue weighted by Crippen LogP contribution is 1.88. The van der Waals surface area contributed by atoms with Crippen molar-refractivity contribution in [2.45, 2.75) is 20.3 Å². The molecule has 0 heterocycles. The van der Waals surface area contributed by atoms with E-state index in [1.165, 1.54) is 0 Å². The van der Waals surface area contributed by atoms with Crippen molar-refractivity contribution in [3.05, 3.63) is 5.57 Å². The summed E-state index contributed by atoms with van der Waals surface area (Å²) in [7, 11) is 0. The molecule has 0 saturated heterocycles. The molecule has 0 radical (unpaired) electrons. The molecule has 0 bridgehead atoms. The van der Waals surface area contributed by atoms with Crippen LogP contribution in [0.3, 0.4) is 0 Å². The Kier molecular flexibility index (Phi) is 3.07. The smallest absolute Gasteiger partial charge is 0.00644 e. The van der Waals surface area contributed by atoms with Crippen LogP contribution in [0.25, 0.3) is 0 Å². The van der Waals surface area contributed by atoms with Crippen molar-refractivity contribution in [2.24, 2.45) is 10.9 Å². The lowest BCUT2D eigenvalue weighted by Gasteiger charge is -1.80. The molecule has 2 N–H and O–H groups in total. The molecule has 0 aliphatic heterocycles. The van der Waals surface area contributed by atoms with E-state index < -0.39 is 0 Å². The van der Waals surface area contributed by atoms with Crippen LogP contribution in [0.5, 0.6) is 0 Å². The maximum Gasteiger partial charge on any atom is 0.00644 e. The maximum absolute atomic E-state index is 4.80. The number of hydrogen-bond acceptors (Lipinski definition) is 2. The van der Waals surface area contributed by atoms with E-state index in [9.17, 15) is 0 Å². The van der Waals surface area contributed by atoms with Crippen LogP contribution >= 0.6 is 0 Å². The first-order valence-corrected chi connectivity index (χ1v) is 2.29. The molecule has 2 heteroatoms. The molecule has 0 saturated carbocycles. The van der Waals surface area contributed by atoms with Gasteiger partial charge < -0.3 is 5.84 Å². The maximum atomic E-state index is 4.80. The number of allylic oxidation sites excluding steroid dienone is 1. The van der Waals surface area contributed by atoms with Crippen molar-refractivity contribution in [3.8, 4) is 0 Å². The van der Waals surface area contributed by atoms with Gasteiger partial charge in [-0.3, -0.25) is 0 Å². The van der Waals surface area contributed by atoms with Crippen molar-refractivity contribution < 1.29 is 0 Å². The summed E-state index contributed by atoms with van der Waals surface area (Å²) in [4.78, 5) is 0. The van der Waals surface area contributed by atoms with E-state index in [1.54, 1.807) is 0 Å². The Bertz CT molecular complexity index is 98.6. The lowest BCUT2D eigenvalue weighted by atomic mass is 10.3. The van der Waals surface area contributed by atoms with Gasteiger partial charge in [0.15, 0.2) is 0 Å². The minimum absolute atomic E-state index is 0.973. The third-order valence-electron chi connectivity index (χ3n) is 0.786. The predicted molar refractivity (Wildman–Crippen MR) is 31.1 cm³/mol. The summed E-state index contributed by atoms with van der Waals surface area (Å²) in [5.41, 5.74) is 1.09. The third-order valence-corrected chi connectivity index (χ3v) is 0.786. The Balaban J connectivity index is 3.74. The highest BCUT2D eigenvalue weighted by atomic mass is 15.1. The van der Waals surface area contributed by atoms with Gasteiger partial charge in [-0.15, -0.1) is 5.10 Å². The molecule has 0 aliphatic carbocycles. The summed E-state index contributed by atoms with van der Waals surface area (Å²) in [6, 6.07) is 0. The number of nitrogens with zero attached hydrogens (tertiary/aromatic N) is 1. The fourth-order valence-corrected chi connectivity index (χ4v) is 0.189. The zero-order valence-corrected chi connectivity index (χ0v) is 4.73. The highest BCUT2D eigenvalue weighted by Gasteiger charge is 1.74. The summed E-state index contributed by atoms with van der Waals surface area (Å²) in [6.07, 6.45) is 0.973. The van der Waals surface area contributed by atoms with Crippen molar-refractivity contribution in [2.75, 3.05) is 0 Å². The first kappa shape index (κ1) is 6.25. The molecule has 0 spiro atoms. The minimum atomic E-state index is 0.973. The molecule has 0 aromatic carbocycles. The van der Waals surface area contributed by atoms with Crippen molar-refractivity contribution in [3.63, 3.8) is 0 Å². The van der Waals surface area contributed by atoms with Gasteiger partial charge in [0.25, 0.3) is 0 Å². The van der Waals surface area contributed by atoms with E-state index in [0.29, 0.717) is 0 Å². The molecular weight excluding hydrogens is 88.1 g/mol. The first-order chi connectivity index (χ1) is 3.31. The lowest BCUT2D eigenvalue weighted by Crippen LogP contribution is -1.78. The Morgan fingerprint density at radius 2 is 2.43 bits per heavy atom. The summed E-state index contributed by atoms with van der Waals surface area (Å²) >= 11 is 0. The first-order valence-electron chi connectivity index (χ1n) is 2.29. The van der Waals surface area contributed by atoms with E-state index in [2.05, 4.69) is 11.0 Å². The highest BCUT2D eigenvalue weighted by molar-refractivity contribution is 5.56. The van der Waals surface area contributed by atoms with Crippen LogP contribution in [0.15, 0.2) is 10.7 Å². The normalized spacial score (nSPS) is 7.14. The Morgan fingerprint density at radius 1 is 1.86 bits per heavy atom. The van der Waals surface area contributed by atoms with Gasteiger partial charge in [-0.2, -0.15) is 0 Å². The molecule has 40 valence electrons. The van der Waals surface area contributed by atoms with Gasteiger partial charge in [0, 0.05) is 5.87 Å². The van der Waals surface area contributed by atoms with E-state index >= 15 is 0 Å². The van der Waals surface area contributed by atoms with E-state index in [1.807, 2.05) is 13.8 Å². The van der Waals surface area contributed by atoms with Gasteiger partial charge in [-0.25, -0.2) is 0 Å². The number of nitrogens with two attached hydrogens (primary N) is 1. The van der Waals surface area contributed by atoms with Crippen LogP contribution in [-0.2, 0) is 0 Å². The molecule has 0 rings (SSSR count). The van der Waals surface area contributed by atoms with Crippen LogP contribution in [0.4, 0.5) is 0 Å². The summed E-state index contributed by atoms with van der Waals surface area (Å²) in [5, 5.41) is 3.22. The fraction of sp³-hybridized carbons (Fsp3) is 0.600. The number of rotatable bonds is 1. The second kappa shape index (κ2) is 3.44. The van der Waals surface area contributed by atoms with Crippen LogP contribution < -0.4 is 5.84 Å². The second-order valence-electron chi connectivity index (χ2n) is 1.37. The van der Waals surface area contributed by atoms with E-state index in [4.69, 9.17) is 5.84 Å². The van der Waals surface area contributed by atoms with E-state index in [-0.39, 0.29) is 0 Å². The lowest BCUT2D eigenvalue weighted by molar-refractivity contribution is 1.12. The van der Waals surface area contributed by atoms with Gasteiger partial charge in [0.1, 0.15) is 0 Å². The van der Waals surface area contributed by atoms with Gasteiger partial charge in [0.05, 0.1) is 0 Å². The fourth-order valence-electron chi connectivity index (χ4n) is 0.189. The van der Waals surface area contributed by atoms with Crippen LogP contribution in [0, 0.1) is 0 Å². The Hall–Kier alpha value is -0.750. The van der Waals surface area contributed by atoms with Gasteiger partial charge in [0.2, 0.25) is 0 Å². The van der Waals surface area contributed by atoms with Crippen LogP contribution in [-0.4, -0.2) is 5.87 Å². The molecule has 2 nitrogen and oxygen atoms in total. The second-order valence-corrected chi connectivity index (χ2v) is 1.37. The molecule has 0 aromatic heterocycles. The summed E-state index contributed by atoms with van der Waals surface area (Å²) in [5.74, 6) is 7.41. The van der Waals surface area contributed by atoms with Crippen molar-refractivity contribution >= 4 is 5.87 Å². The third kappa shape index (κ3) is 3.07. The standard InChI is InChI=1S/C5H10N2/c1-3-5(2)4-7-6/h3,6H2,1-2H3. The van der Waals surface area contributed by atoms with Crippen LogP contribution in [0.1, 0.15) is 20.3 Å². The van der Waals surface area contributed by atoms with E-state index in [0.717, 1.165) is 12.0 Å². The minimum Gasteiger partial charge on any atom is -0.315 e. The van der Waals surface area contributed by atoms with Crippen molar-refractivity contribution in [1.82, 2.24) is 0 Å². The molecule has 0 fully saturated rings. The summed E-state index contributed by atoms with van der Waals surface area (Å²) in [6.45, 7) is 3.98. The SMILES string of the molecule is CCC(C)=C=NN. The van der Waals surface area contributed by atoms with Gasteiger partial charge in [-0.05, 0) is 18.9 Å². The molecule has 0 unspecified atom stereocenters. The Labute approximate surface area is 43.7 Å². The van der Waals surface area contributed by atoms with Gasteiger partial charge >= 0.3 is 0 Å². The average molecular weight is 98.1 g/mol. The Morgan fingerprint density at radius 3 is 2.57 bits per heavy atom. The van der Waals surface area contributed by atoms with Crippen LogP contribution in [0.2, 0.25) is 0 Å². The monoisotopic (exact) mass is 98.1 g/mol. The largest absolute Gasteiger partial charge is 0.315 e. The zero-order valence-electron chi connectivity index (χ0n) is 4.73. The molecular formula is C5H10N2. The molecule has 0 aliphatic rings. The predicted octanol–water partition coefficient (Wildman–Crippen LogP) is 0.886. The number of hydrogen-bond donors (Lipinski definition) is 1. The van der Waals surface area contributed by atoms with Crippen molar-refractivity contribution in [1.29, 1.82) is 0 Å². The average Bonchev–Trinajstić information content (AvgIpc) is 1.68. The molecule has 7 heavy (non-hydrogen) atoms. The molecule has 0 aromatic rings. The zero-order chi connectivity index (χ0) is 5.70. The number of hydrazone groups is 1.